The molecule has 0 unspecified atom stereocenters. The van der Waals surface area contributed by atoms with Gasteiger partial charge in [0.05, 0.1) is 17.8 Å². The zero-order valence-corrected chi connectivity index (χ0v) is 19.6. The van der Waals surface area contributed by atoms with E-state index in [2.05, 4.69) is 5.32 Å². The monoisotopic (exact) mass is 512 g/mol. The summed E-state index contributed by atoms with van der Waals surface area (Å²) in [4.78, 5) is 26.8. The highest BCUT2D eigenvalue weighted by Gasteiger charge is 2.53. The van der Waals surface area contributed by atoms with E-state index in [1.54, 1.807) is 5.01 Å². The number of alkyl halides is 3. The molecule has 4 rings (SSSR count). The molecular weight excluding hydrogens is 487 g/mol. The maximum atomic E-state index is 14.5. The molecule has 1 saturated heterocycles. The van der Waals surface area contributed by atoms with Gasteiger partial charge in [0.25, 0.3) is 11.8 Å². The standard InChI is InChI=1S/C24H25F5N4O3/c1-3-8-23-9-5-10-33(23)32(12-14-6-4-7-15(25)18(14)26)22(35)17(19(23)30)21(34)31-16-11-13(2)36-20(16)24(27,28)29/h4,6-7,11H,3,5,8-10,12,30H2,1-2H3,(H,31,34)/t23-/m1/s1. The van der Waals surface area contributed by atoms with Crippen molar-refractivity contribution in [1.82, 2.24) is 10.0 Å². The van der Waals surface area contributed by atoms with Crippen LogP contribution in [0, 0.1) is 18.6 Å². The van der Waals surface area contributed by atoms with E-state index in [4.69, 9.17) is 10.2 Å². The minimum atomic E-state index is -4.89. The van der Waals surface area contributed by atoms with Gasteiger partial charge in [-0.05, 0) is 32.3 Å². The van der Waals surface area contributed by atoms with E-state index in [0.29, 0.717) is 32.2 Å². The summed E-state index contributed by atoms with van der Waals surface area (Å²) in [7, 11) is 0. The van der Waals surface area contributed by atoms with E-state index in [1.807, 2.05) is 6.92 Å². The van der Waals surface area contributed by atoms with Crippen LogP contribution in [0.25, 0.3) is 0 Å². The maximum Gasteiger partial charge on any atom is 0.451 e. The van der Waals surface area contributed by atoms with Gasteiger partial charge in [0.1, 0.15) is 11.3 Å². The molecule has 1 aromatic carbocycles. The summed E-state index contributed by atoms with van der Waals surface area (Å²) in [6.07, 6.45) is -2.77. The molecule has 3 N–H and O–H groups in total. The van der Waals surface area contributed by atoms with Gasteiger partial charge in [-0.15, -0.1) is 0 Å². The van der Waals surface area contributed by atoms with Crippen LogP contribution in [-0.2, 0) is 22.3 Å². The van der Waals surface area contributed by atoms with Crippen molar-refractivity contribution in [3.63, 3.8) is 0 Å². The third kappa shape index (κ3) is 4.23. The molecule has 0 saturated carbocycles. The fraction of sp³-hybridized carbons (Fsp3) is 0.417. The fourth-order valence-corrected chi connectivity index (χ4v) is 5.09. The van der Waals surface area contributed by atoms with E-state index < -0.39 is 58.7 Å². The number of furan rings is 1. The quantitative estimate of drug-likeness (QED) is 0.435. The SMILES string of the molecule is CCC[C@]12CCCN1N(Cc1cccc(F)c1F)C(=O)C(C(=O)Nc1cc(C)oc1C(F)(F)F)=C2N. The second-order valence-corrected chi connectivity index (χ2v) is 8.92. The summed E-state index contributed by atoms with van der Waals surface area (Å²) in [5, 5.41) is 4.92. The molecule has 2 aliphatic heterocycles. The minimum Gasteiger partial charge on any atom is -0.455 e. The van der Waals surface area contributed by atoms with Crippen molar-refractivity contribution in [3.8, 4) is 0 Å². The van der Waals surface area contributed by atoms with Crippen LogP contribution in [0.4, 0.5) is 27.6 Å². The van der Waals surface area contributed by atoms with Gasteiger partial charge < -0.3 is 15.5 Å². The Morgan fingerprint density at radius 2 is 2.00 bits per heavy atom. The first-order valence-corrected chi connectivity index (χ1v) is 11.4. The summed E-state index contributed by atoms with van der Waals surface area (Å²) < 4.78 is 73.2. The summed E-state index contributed by atoms with van der Waals surface area (Å²) in [6.45, 7) is 3.15. The number of halogens is 5. The Labute approximate surface area is 203 Å². The number of aryl methyl sites for hydroxylation is 1. The van der Waals surface area contributed by atoms with Crippen molar-refractivity contribution in [2.24, 2.45) is 5.73 Å². The molecule has 1 aromatic heterocycles. The number of hydrogen-bond acceptors (Lipinski definition) is 5. The van der Waals surface area contributed by atoms with E-state index >= 15 is 0 Å². The van der Waals surface area contributed by atoms with Crippen LogP contribution in [-0.4, -0.2) is 33.9 Å². The van der Waals surface area contributed by atoms with Gasteiger partial charge in [-0.25, -0.2) is 13.8 Å². The molecule has 194 valence electrons. The Balaban J connectivity index is 1.78. The van der Waals surface area contributed by atoms with E-state index in [9.17, 15) is 31.5 Å². The van der Waals surface area contributed by atoms with E-state index in [0.717, 1.165) is 17.1 Å². The molecule has 2 aliphatic rings. The number of rotatable bonds is 6. The Morgan fingerprint density at radius 3 is 2.67 bits per heavy atom. The third-order valence-electron chi connectivity index (χ3n) is 6.57. The number of hydrogen-bond donors (Lipinski definition) is 2. The molecule has 3 heterocycles. The summed E-state index contributed by atoms with van der Waals surface area (Å²) >= 11 is 0. The average Bonchev–Trinajstić information content (AvgIpc) is 3.38. The lowest BCUT2D eigenvalue weighted by molar-refractivity contribution is -0.159. The van der Waals surface area contributed by atoms with Crippen LogP contribution in [0.2, 0.25) is 0 Å². The highest BCUT2D eigenvalue weighted by atomic mass is 19.4. The summed E-state index contributed by atoms with van der Waals surface area (Å²) in [6, 6.07) is 4.54. The zero-order valence-electron chi connectivity index (χ0n) is 19.6. The lowest BCUT2D eigenvalue weighted by Crippen LogP contribution is -2.63. The Bertz CT molecular complexity index is 1240. The largest absolute Gasteiger partial charge is 0.455 e. The van der Waals surface area contributed by atoms with Crippen molar-refractivity contribution in [1.29, 1.82) is 0 Å². The first kappa shape index (κ1) is 25.7. The van der Waals surface area contributed by atoms with Gasteiger partial charge in [0.15, 0.2) is 11.6 Å². The van der Waals surface area contributed by atoms with Crippen LogP contribution in [0.5, 0.6) is 0 Å². The van der Waals surface area contributed by atoms with E-state index in [1.165, 1.54) is 19.1 Å². The molecule has 2 amide bonds. The molecule has 7 nitrogen and oxygen atoms in total. The van der Waals surface area contributed by atoms with Gasteiger partial charge in [0.2, 0.25) is 5.76 Å². The van der Waals surface area contributed by atoms with Gasteiger partial charge >= 0.3 is 6.18 Å². The highest BCUT2D eigenvalue weighted by Crippen LogP contribution is 2.44. The maximum absolute atomic E-state index is 14.5. The third-order valence-corrected chi connectivity index (χ3v) is 6.57. The van der Waals surface area contributed by atoms with Gasteiger partial charge in [-0.2, -0.15) is 13.2 Å². The number of hydrazine groups is 1. The predicted molar refractivity (Wildman–Crippen MR) is 119 cm³/mol. The van der Waals surface area contributed by atoms with Crippen LogP contribution >= 0.6 is 0 Å². The van der Waals surface area contributed by atoms with Crippen LogP contribution in [0.1, 0.15) is 49.7 Å². The Morgan fingerprint density at radius 1 is 1.28 bits per heavy atom. The van der Waals surface area contributed by atoms with Gasteiger partial charge in [-0.1, -0.05) is 25.5 Å². The van der Waals surface area contributed by atoms with Crippen molar-refractivity contribution in [3.05, 3.63) is 64.3 Å². The molecule has 1 fully saturated rings. The topological polar surface area (TPSA) is 91.8 Å². The zero-order chi connectivity index (χ0) is 26.4. The number of carbonyl (C=O) groups excluding carboxylic acids is 2. The van der Waals surface area contributed by atoms with Crippen molar-refractivity contribution < 1.29 is 36.0 Å². The molecule has 36 heavy (non-hydrogen) atoms. The van der Waals surface area contributed by atoms with E-state index in [-0.39, 0.29) is 17.0 Å². The number of fused-ring (bicyclic) bond motifs is 1. The summed E-state index contributed by atoms with van der Waals surface area (Å²) in [5.74, 6) is -5.81. The second-order valence-electron chi connectivity index (χ2n) is 8.92. The molecular formula is C24H25F5N4O3. The number of nitrogens with one attached hydrogen (secondary N) is 1. The average molecular weight is 512 g/mol. The van der Waals surface area contributed by atoms with Crippen molar-refractivity contribution >= 4 is 17.5 Å². The molecule has 0 spiro atoms. The number of nitrogens with zero attached hydrogens (tertiary/aromatic N) is 2. The number of carbonyl (C=O) groups is 2. The minimum absolute atomic E-state index is 0.0610. The normalized spacial score (nSPS) is 20.8. The summed E-state index contributed by atoms with van der Waals surface area (Å²) in [5.41, 5.74) is 4.07. The Kier molecular flexibility index (Phi) is 6.58. The highest BCUT2D eigenvalue weighted by molar-refractivity contribution is 6.23. The lowest BCUT2D eigenvalue weighted by atomic mass is 9.83. The number of amides is 2. The molecule has 2 aromatic rings. The van der Waals surface area contributed by atoms with Crippen LogP contribution in [0.3, 0.4) is 0 Å². The molecule has 1 atom stereocenters. The van der Waals surface area contributed by atoms with Crippen molar-refractivity contribution in [2.75, 3.05) is 11.9 Å². The van der Waals surface area contributed by atoms with Crippen LogP contribution < -0.4 is 11.1 Å². The molecule has 12 heteroatoms. The molecule has 0 radical (unpaired) electrons. The van der Waals surface area contributed by atoms with Crippen LogP contribution in [0.15, 0.2) is 40.0 Å². The number of benzene rings is 1. The van der Waals surface area contributed by atoms with Crippen molar-refractivity contribution in [2.45, 2.75) is 57.8 Å². The second kappa shape index (κ2) is 9.23. The smallest absolute Gasteiger partial charge is 0.451 e. The van der Waals surface area contributed by atoms with Gasteiger partial charge in [-0.3, -0.25) is 14.6 Å². The first-order valence-electron chi connectivity index (χ1n) is 11.4. The lowest BCUT2D eigenvalue weighted by Gasteiger charge is -2.49. The number of nitrogens with two attached hydrogens (primary N) is 1. The van der Waals surface area contributed by atoms with Gasteiger partial charge in [0, 0.05) is 23.9 Å². The molecule has 0 aliphatic carbocycles. The predicted octanol–water partition coefficient (Wildman–Crippen LogP) is 4.63. The number of anilines is 1. The Hall–Kier alpha value is -3.41. The first-order chi connectivity index (χ1) is 16.9. The molecule has 0 bridgehead atoms. The fourth-order valence-electron chi connectivity index (χ4n) is 5.09.